The molecule has 0 amide bonds. The highest BCUT2D eigenvalue weighted by Gasteiger charge is 2.17. The Bertz CT molecular complexity index is 176. The maximum Gasteiger partial charge on any atom is 0.0900 e. The van der Waals surface area contributed by atoms with Crippen molar-refractivity contribution in [3.05, 3.63) is 0 Å². The zero-order chi connectivity index (χ0) is 11.3. The molecule has 1 saturated heterocycles. The summed E-state index contributed by atoms with van der Waals surface area (Å²) in [5.41, 5.74) is -0.154. The van der Waals surface area contributed by atoms with Crippen LogP contribution in [0, 0.1) is 0 Å². The first-order valence-corrected chi connectivity index (χ1v) is 6.75. The van der Waals surface area contributed by atoms with Crippen molar-refractivity contribution in [1.29, 1.82) is 0 Å². The molecule has 1 aliphatic rings. The number of thioether (sulfide) groups is 1. The van der Waals surface area contributed by atoms with Crippen molar-refractivity contribution in [3.8, 4) is 0 Å². The molecule has 4 heteroatoms. The molecule has 0 aromatic heterocycles. The summed E-state index contributed by atoms with van der Waals surface area (Å²) < 4.78 is 5.55. The Morgan fingerprint density at radius 1 is 1.33 bits per heavy atom. The monoisotopic (exact) mass is 233 g/mol. The Balaban J connectivity index is 2.14. The minimum Gasteiger partial charge on any atom is -0.389 e. The number of ether oxygens (including phenoxy) is 1. The molecule has 90 valence electrons. The number of aliphatic hydroxyl groups excluding tert-OH is 1. The van der Waals surface area contributed by atoms with Gasteiger partial charge in [0.15, 0.2) is 0 Å². The number of β-amino-alcohol motifs (C(OH)–C–C–N with tert-alkyl or cyclic N) is 1. The molecule has 0 bridgehead atoms. The number of nitrogens with zero attached hydrogens (tertiary/aromatic N) is 1. The minimum atomic E-state index is -0.354. The summed E-state index contributed by atoms with van der Waals surface area (Å²) in [4.78, 5) is 2.31. The average Bonchev–Trinajstić information content (AvgIpc) is 2.15. The highest BCUT2D eigenvalue weighted by molar-refractivity contribution is 7.99. The minimum absolute atomic E-state index is 0.154. The van der Waals surface area contributed by atoms with Gasteiger partial charge < -0.3 is 9.84 Å². The maximum absolute atomic E-state index is 9.79. The molecule has 0 aromatic rings. The van der Waals surface area contributed by atoms with E-state index in [9.17, 15) is 5.11 Å². The third-order valence-electron chi connectivity index (χ3n) is 2.28. The molecule has 1 atom stereocenters. The summed E-state index contributed by atoms with van der Waals surface area (Å²) in [6.07, 6.45) is -0.354. The van der Waals surface area contributed by atoms with Crippen molar-refractivity contribution >= 4 is 11.8 Å². The van der Waals surface area contributed by atoms with Gasteiger partial charge in [-0.2, -0.15) is 11.8 Å². The lowest BCUT2D eigenvalue weighted by atomic mass is 10.2. The van der Waals surface area contributed by atoms with Crippen LogP contribution in [0.25, 0.3) is 0 Å². The molecule has 0 spiro atoms. The Hall–Kier alpha value is 0.230. The molecule has 1 aliphatic heterocycles. The molecule has 1 heterocycles. The lowest BCUT2D eigenvalue weighted by Crippen LogP contribution is -2.40. The van der Waals surface area contributed by atoms with E-state index < -0.39 is 0 Å². The van der Waals surface area contributed by atoms with E-state index in [4.69, 9.17) is 4.74 Å². The van der Waals surface area contributed by atoms with E-state index in [1.165, 1.54) is 11.5 Å². The second-order valence-corrected chi connectivity index (χ2v) is 6.21. The normalized spacial score (nSPS) is 21.6. The van der Waals surface area contributed by atoms with Crippen LogP contribution < -0.4 is 0 Å². The number of hydrogen-bond donors (Lipinski definition) is 1. The quantitative estimate of drug-likeness (QED) is 0.791. The van der Waals surface area contributed by atoms with E-state index >= 15 is 0 Å². The van der Waals surface area contributed by atoms with Crippen LogP contribution in [0.3, 0.4) is 0 Å². The summed E-state index contributed by atoms with van der Waals surface area (Å²) in [7, 11) is 0. The van der Waals surface area contributed by atoms with Gasteiger partial charge in [0.2, 0.25) is 0 Å². The first kappa shape index (κ1) is 13.3. The van der Waals surface area contributed by atoms with E-state index in [1.54, 1.807) is 0 Å². The van der Waals surface area contributed by atoms with E-state index in [0.29, 0.717) is 6.61 Å². The van der Waals surface area contributed by atoms with Crippen LogP contribution >= 0.6 is 11.8 Å². The molecule has 0 radical (unpaired) electrons. The second kappa shape index (κ2) is 6.09. The van der Waals surface area contributed by atoms with Gasteiger partial charge in [0, 0.05) is 31.1 Å². The van der Waals surface area contributed by atoms with Gasteiger partial charge in [-0.05, 0) is 20.8 Å². The predicted octanol–water partition coefficient (Wildman–Crippen LogP) is 1.21. The van der Waals surface area contributed by atoms with Gasteiger partial charge in [-0.1, -0.05) is 0 Å². The maximum atomic E-state index is 9.79. The Morgan fingerprint density at radius 2 is 1.93 bits per heavy atom. The highest BCUT2D eigenvalue weighted by atomic mass is 32.2. The van der Waals surface area contributed by atoms with Crippen molar-refractivity contribution in [1.82, 2.24) is 4.90 Å². The SMILES string of the molecule is CC(C)(C)OCC(O)CN1CCSCC1. The van der Waals surface area contributed by atoms with Crippen LogP contribution in [0.5, 0.6) is 0 Å². The smallest absolute Gasteiger partial charge is 0.0900 e. The van der Waals surface area contributed by atoms with Crippen LogP contribution in [0.4, 0.5) is 0 Å². The average molecular weight is 233 g/mol. The molecule has 15 heavy (non-hydrogen) atoms. The Morgan fingerprint density at radius 3 is 2.47 bits per heavy atom. The molecule has 0 aliphatic carbocycles. The number of aliphatic hydroxyl groups is 1. The third-order valence-corrected chi connectivity index (χ3v) is 3.22. The van der Waals surface area contributed by atoms with E-state index in [-0.39, 0.29) is 11.7 Å². The zero-order valence-corrected chi connectivity index (χ0v) is 10.8. The molecule has 1 N–H and O–H groups in total. The van der Waals surface area contributed by atoms with Crippen molar-refractivity contribution in [2.75, 3.05) is 37.7 Å². The fourth-order valence-corrected chi connectivity index (χ4v) is 2.46. The van der Waals surface area contributed by atoms with Crippen molar-refractivity contribution in [2.24, 2.45) is 0 Å². The predicted molar refractivity (Wildman–Crippen MR) is 65.5 cm³/mol. The van der Waals surface area contributed by atoms with Gasteiger partial charge >= 0.3 is 0 Å². The summed E-state index contributed by atoms with van der Waals surface area (Å²) in [5.74, 6) is 2.37. The summed E-state index contributed by atoms with van der Waals surface area (Å²) in [5, 5.41) is 9.79. The Kier molecular flexibility index (Phi) is 5.39. The second-order valence-electron chi connectivity index (χ2n) is 4.99. The lowest BCUT2D eigenvalue weighted by Gasteiger charge is -2.29. The summed E-state index contributed by atoms with van der Waals surface area (Å²) in [6.45, 7) is 9.41. The fourth-order valence-electron chi connectivity index (χ4n) is 1.48. The summed E-state index contributed by atoms with van der Waals surface area (Å²) >= 11 is 1.99. The number of rotatable bonds is 4. The van der Waals surface area contributed by atoms with E-state index in [1.807, 2.05) is 32.5 Å². The largest absolute Gasteiger partial charge is 0.389 e. The summed E-state index contributed by atoms with van der Waals surface area (Å²) in [6, 6.07) is 0. The van der Waals surface area contributed by atoms with Gasteiger partial charge in [0.1, 0.15) is 0 Å². The van der Waals surface area contributed by atoms with Gasteiger partial charge in [0.05, 0.1) is 18.3 Å². The van der Waals surface area contributed by atoms with E-state index in [2.05, 4.69) is 4.90 Å². The molecule has 1 unspecified atom stereocenters. The van der Waals surface area contributed by atoms with Gasteiger partial charge in [-0.15, -0.1) is 0 Å². The molecule has 1 fully saturated rings. The highest BCUT2D eigenvalue weighted by Crippen LogP contribution is 2.11. The van der Waals surface area contributed by atoms with Crippen LogP contribution in [0.2, 0.25) is 0 Å². The van der Waals surface area contributed by atoms with Crippen molar-refractivity contribution in [3.63, 3.8) is 0 Å². The van der Waals surface area contributed by atoms with Crippen molar-refractivity contribution < 1.29 is 9.84 Å². The first-order valence-electron chi connectivity index (χ1n) is 5.59. The van der Waals surface area contributed by atoms with Crippen LogP contribution in [-0.4, -0.2) is 59.5 Å². The van der Waals surface area contributed by atoms with Crippen LogP contribution in [0.15, 0.2) is 0 Å². The molecule has 0 saturated carbocycles. The molecule has 0 aromatic carbocycles. The molecule has 3 nitrogen and oxygen atoms in total. The van der Waals surface area contributed by atoms with Crippen LogP contribution in [0.1, 0.15) is 20.8 Å². The number of hydrogen-bond acceptors (Lipinski definition) is 4. The molecule has 1 rings (SSSR count). The topological polar surface area (TPSA) is 32.7 Å². The van der Waals surface area contributed by atoms with E-state index in [0.717, 1.165) is 19.6 Å². The van der Waals surface area contributed by atoms with Gasteiger partial charge in [-0.25, -0.2) is 0 Å². The Labute approximate surface area is 97.2 Å². The first-order chi connectivity index (χ1) is 6.97. The molecular formula is C11H23NO2S. The third kappa shape index (κ3) is 6.40. The lowest BCUT2D eigenvalue weighted by molar-refractivity contribution is -0.0555. The zero-order valence-electron chi connectivity index (χ0n) is 10.0. The van der Waals surface area contributed by atoms with Crippen LogP contribution in [-0.2, 0) is 4.74 Å². The van der Waals surface area contributed by atoms with Gasteiger partial charge in [0.25, 0.3) is 0 Å². The van der Waals surface area contributed by atoms with Gasteiger partial charge in [-0.3, -0.25) is 4.90 Å². The standard InChI is InChI=1S/C11H23NO2S/c1-11(2,3)14-9-10(13)8-12-4-6-15-7-5-12/h10,13H,4-9H2,1-3H3. The molecular weight excluding hydrogens is 210 g/mol. The van der Waals surface area contributed by atoms with Crippen molar-refractivity contribution in [2.45, 2.75) is 32.5 Å². The fraction of sp³-hybridized carbons (Fsp3) is 1.00.